The number of piperazine rings is 1. The van der Waals surface area contributed by atoms with Crippen LogP contribution in [0.25, 0.3) is 6.08 Å². The Labute approximate surface area is 189 Å². The molecule has 2 saturated heterocycles. The Morgan fingerprint density at radius 3 is 2.41 bits per heavy atom. The monoisotopic (exact) mass is 433 g/mol. The molecule has 32 heavy (non-hydrogen) atoms. The van der Waals surface area contributed by atoms with E-state index in [9.17, 15) is 9.59 Å². The van der Waals surface area contributed by atoms with E-state index < -0.39 is 0 Å². The minimum absolute atomic E-state index is 0.0366. The number of hydrogen-bond donors (Lipinski definition) is 0. The highest BCUT2D eigenvalue weighted by Crippen LogP contribution is 2.60. The lowest BCUT2D eigenvalue weighted by Gasteiger charge is -2.36. The van der Waals surface area contributed by atoms with Crippen molar-refractivity contribution in [2.75, 3.05) is 45.8 Å². The molecule has 3 fully saturated rings. The van der Waals surface area contributed by atoms with Crippen molar-refractivity contribution >= 4 is 17.9 Å². The number of furan rings is 1. The fourth-order valence-corrected chi connectivity index (χ4v) is 5.25. The number of carbonyl (C=O) groups is 2. The van der Waals surface area contributed by atoms with Crippen LogP contribution in [0.1, 0.15) is 35.2 Å². The van der Waals surface area contributed by atoms with Gasteiger partial charge in [0.15, 0.2) is 0 Å². The number of amides is 2. The SMILES string of the molecule is O=C(c1ccoc1)N1CCC2(CC1)C[C@@H]2C(=O)N1CCN(C/C=C/c2ccccc2)CC1. The molecule has 0 bridgehead atoms. The van der Waals surface area contributed by atoms with Crippen LogP contribution >= 0.6 is 0 Å². The molecule has 6 nitrogen and oxygen atoms in total. The smallest absolute Gasteiger partial charge is 0.257 e. The molecular formula is C26H31N3O3. The Kier molecular flexibility index (Phi) is 5.87. The van der Waals surface area contributed by atoms with Crippen LogP contribution < -0.4 is 0 Å². The summed E-state index contributed by atoms with van der Waals surface area (Å²) in [5.41, 5.74) is 1.96. The Hall–Kier alpha value is -2.86. The lowest BCUT2D eigenvalue weighted by Crippen LogP contribution is -2.49. The third kappa shape index (κ3) is 4.37. The van der Waals surface area contributed by atoms with E-state index in [-0.39, 0.29) is 17.2 Å². The van der Waals surface area contributed by atoms with Gasteiger partial charge in [-0.05, 0) is 36.3 Å². The molecule has 1 aromatic heterocycles. The van der Waals surface area contributed by atoms with Gasteiger partial charge in [0.25, 0.3) is 5.91 Å². The first-order chi connectivity index (χ1) is 15.6. The number of benzene rings is 1. The summed E-state index contributed by atoms with van der Waals surface area (Å²) < 4.78 is 5.04. The predicted molar refractivity (Wildman–Crippen MR) is 123 cm³/mol. The van der Waals surface area contributed by atoms with Gasteiger partial charge in [-0.15, -0.1) is 0 Å². The molecule has 1 aliphatic carbocycles. The van der Waals surface area contributed by atoms with E-state index in [0.717, 1.165) is 65.1 Å². The van der Waals surface area contributed by atoms with Crippen molar-refractivity contribution in [1.82, 2.24) is 14.7 Å². The fraction of sp³-hybridized carbons (Fsp3) is 0.462. The molecule has 0 radical (unpaired) electrons. The van der Waals surface area contributed by atoms with E-state index in [1.54, 1.807) is 6.07 Å². The van der Waals surface area contributed by atoms with Crippen molar-refractivity contribution in [3.8, 4) is 0 Å². The van der Waals surface area contributed by atoms with Crippen molar-refractivity contribution in [3.63, 3.8) is 0 Å². The number of carbonyl (C=O) groups excluding carboxylic acids is 2. The topological polar surface area (TPSA) is 57.0 Å². The summed E-state index contributed by atoms with van der Waals surface area (Å²) in [6.45, 7) is 5.87. The molecule has 6 heteroatoms. The van der Waals surface area contributed by atoms with E-state index in [1.807, 2.05) is 11.0 Å². The van der Waals surface area contributed by atoms with Gasteiger partial charge in [-0.3, -0.25) is 14.5 Å². The Morgan fingerprint density at radius 2 is 1.72 bits per heavy atom. The second-order valence-corrected chi connectivity index (χ2v) is 9.36. The average Bonchev–Trinajstić information content (AvgIpc) is 3.26. The summed E-state index contributed by atoms with van der Waals surface area (Å²) >= 11 is 0. The summed E-state index contributed by atoms with van der Waals surface area (Å²) in [6.07, 6.45) is 10.3. The minimum atomic E-state index is 0.0366. The molecule has 168 valence electrons. The molecule has 2 aromatic rings. The zero-order valence-electron chi connectivity index (χ0n) is 18.5. The number of likely N-dealkylation sites (tertiary alicyclic amines) is 1. The standard InChI is InChI=1S/C26H31N3O3/c30-24(22-8-18-32-20-22)28-12-9-26(10-13-28)19-23(26)25(31)29-16-14-27(15-17-29)11-4-7-21-5-2-1-3-6-21/h1-8,18,20,23H,9-17,19H2/b7-4+/t23-/m1/s1. The first kappa shape index (κ1) is 21.0. The second-order valence-electron chi connectivity index (χ2n) is 9.36. The maximum atomic E-state index is 13.1. The van der Waals surface area contributed by atoms with Gasteiger partial charge >= 0.3 is 0 Å². The van der Waals surface area contributed by atoms with Crippen LogP contribution in [0, 0.1) is 11.3 Å². The lowest BCUT2D eigenvalue weighted by atomic mass is 9.90. The van der Waals surface area contributed by atoms with Gasteiger partial charge in [0.1, 0.15) is 6.26 Å². The summed E-state index contributed by atoms with van der Waals surface area (Å²) in [7, 11) is 0. The third-order valence-corrected chi connectivity index (χ3v) is 7.46. The maximum absolute atomic E-state index is 13.1. The highest BCUT2D eigenvalue weighted by atomic mass is 16.3. The quantitative estimate of drug-likeness (QED) is 0.725. The number of rotatable bonds is 5. The average molecular weight is 434 g/mol. The van der Waals surface area contributed by atoms with Crippen LogP contribution in [0.4, 0.5) is 0 Å². The summed E-state index contributed by atoms with van der Waals surface area (Å²) in [5, 5.41) is 0. The van der Waals surface area contributed by atoms with Gasteiger partial charge in [-0.2, -0.15) is 0 Å². The van der Waals surface area contributed by atoms with Crippen molar-refractivity contribution in [2.45, 2.75) is 19.3 Å². The van der Waals surface area contributed by atoms with Gasteiger partial charge in [-0.1, -0.05) is 42.5 Å². The van der Waals surface area contributed by atoms with Gasteiger partial charge in [0, 0.05) is 51.7 Å². The molecule has 0 N–H and O–H groups in total. The zero-order chi connectivity index (χ0) is 22.0. The van der Waals surface area contributed by atoms with Crippen molar-refractivity contribution in [3.05, 3.63) is 66.1 Å². The zero-order valence-corrected chi connectivity index (χ0v) is 18.5. The number of piperidine rings is 1. The molecular weight excluding hydrogens is 402 g/mol. The van der Waals surface area contributed by atoms with Crippen LogP contribution in [0.5, 0.6) is 0 Å². The van der Waals surface area contributed by atoms with E-state index in [0.29, 0.717) is 11.5 Å². The highest BCUT2D eigenvalue weighted by Gasteiger charge is 2.59. The molecule has 1 aromatic carbocycles. The van der Waals surface area contributed by atoms with Crippen LogP contribution in [0.2, 0.25) is 0 Å². The first-order valence-electron chi connectivity index (χ1n) is 11.7. The van der Waals surface area contributed by atoms with Gasteiger partial charge < -0.3 is 14.2 Å². The Balaban J connectivity index is 1.06. The maximum Gasteiger partial charge on any atom is 0.257 e. The van der Waals surface area contributed by atoms with Gasteiger partial charge in [0.2, 0.25) is 5.91 Å². The van der Waals surface area contributed by atoms with Crippen molar-refractivity contribution < 1.29 is 14.0 Å². The molecule has 0 unspecified atom stereocenters. The predicted octanol–water partition coefficient (Wildman–Crippen LogP) is 3.38. The minimum Gasteiger partial charge on any atom is -0.472 e. The van der Waals surface area contributed by atoms with Crippen LogP contribution in [-0.2, 0) is 4.79 Å². The highest BCUT2D eigenvalue weighted by molar-refractivity contribution is 5.94. The molecule has 1 saturated carbocycles. The number of hydrogen-bond acceptors (Lipinski definition) is 4. The van der Waals surface area contributed by atoms with E-state index >= 15 is 0 Å². The van der Waals surface area contributed by atoms with Crippen LogP contribution in [0.15, 0.2) is 59.4 Å². The molecule has 1 spiro atoms. The van der Waals surface area contributed by atoms with E-state index in [4.69, 9.17) is 4.42 Å². The first-order valence-corrected chi connectivity index (χ1v) is 11.7. The van der Waals surface area contributed by atoms with Crippen molar-refractivity contribution in [2.24, 2.45) is 11.3 Å². The van der Waals surface area contributed by atoms with Crippen molar-refractivity contribution in [1.29, 1.82) is 0 Å². The molecule has 2 aliphatic heterocycles. The molecule has 1 atom stereocenters. The van der Waals surface area contributed by atoms with Gasteiger partial charge in [0.05, 0.1) is 11.8 Å². The van der Waals surface area contributed by atoms with E-state index in [1.165, 1.54) is 18.1 Å². The largest absolute Gasteiger partial charge is 0.472 e. The fourth-order valence-electron chi connectivity index (χ4n) is 5.25. The lowest BCUT2D eigenvalue weighted by molar-refractivity contribution is -0.135. The molecule has 2 amide bonds. The molecule has 3 heterocycles. The van der Waals surface area contributed by atoms with Gasteiger partial charge in [-0.25, -0.2) is 0 Å². The third-order valence-electron chi connectivity index (χ3n) is 7.46. The summed E-state index contributed by atoms with van der Waals surface area (Å²) in [6, 6.07) is 12.1. The normalized spacial score (nSPS) is 23.1. The Morgan fingerprint density at radius 1 is 0.969 bits per heavy atom. The second kappa shape index (κ2) is 8.94. The Bertz CT molecular complexity index is 953. The van der Waals surface area contributed by atoms with Crippen LogP contribution in [0.3, 0.4) is 0 Å². The summed E-state index contributed by atoms with van der Waals surface area (Å²) in [5.74, 6) is 0.520. The summed E-state index contributed by atoms with van der Waals surface area (Å²) in [4.78, 5) is 32.0. The number of nitrogens with zero attached hydrogens (tertiary/aromatic N) is 3. The van der Waals surface area contributed by atoms with Crippen LogP contribution in [-0.4, -0.2) is 72.3 Å². The molecule has 5 rings (SSSR count). The molecule has 3 aliphatic rings. The van der Waals surface area contributed by atoms with E-state index in [2.05, 4.69) is 46.2 Å².